The lowest BCUT2D eigenvalue weighted by Crippen LogP contribution is -2.36. The van der Waals surface area contributed by atoms with Crippen LogP contribution >= 0.6 is 0 Å². The SMILES string of the molecule is Cc1nc(CCOC2CCN(Cc3cccnc3)CC2)no1. The van der Waals surface area contributed by atoms with E-state index in [2.05, 4.69) is 26.1 Å². The van der Waals surface area contributed by atoms with E-state index in [0.29, 0.717) is 25.0 Å². The molecule has 0 radical (unpaired) electrons. The Kier molecular flexibility index (Phi) is 5.13. The number of rotatable bonds is 6. The smallest absolute Gasteiger partial charge is 0.223 e. The fourth-order valence-corrected chi connectivity index (χ4v) is 2.74. The van der Waals surface area contributed by atoms with Gasteiger partial charge in [-0.05, 0) is 24.5 Å². The predicted molar refractivity (Wildman–Crippen MR) is 81.2 cm³/mol. The predicted octanol–water partition coefficient (Wildman–Crippen LogP) is 2.00. The van der Waals surface area contributed by atoms with Crippen LogP contribution in [0.2, 0.25) is 0 Å². The van der Waals surface area contributed by atoms with Crippen molar-refractivity contribution in [2.45, 2.75) is 38.8 Å². The monoisotopic (exact) mass is 302 g/mol. The molecule has 0 unspecified atom stereocenters. The van der Waals surface area contributed by atoms with Crippen LogP contribution in [0.4, 0.5) is 0 Å². The molecule has 0 N–H and O–H groups in total. The van der Waals surface area contributed by atoms with Crippen molar-refractivity contribution >= 4 is 0 Å². The number of piperidine rings is 1. The Morgan fingerprint density at radius 2 is 2.23 bits per heavy atom. The molecule has 0 aromatic carbocycles. The number of ether oxygens (including phenoxy) is 1. The molecule has 1 aliphatic rings. The van der Waals surface area contributed by atoms with Gasteiger partial charge in [0.15, 0.2) is 5.82 Å². The zero-order valence-electron chi connectivity index (χ0n) is 12.9. The number of hydrogen-bond donors (Lipinski definition) is 0. The molecule has 0 atom stereocenters. The third-order valence-electron chi connectivity index (χ3n) is 3.91. The van der Waals surface area contributed by atoms with E-state index in [4.69, 9.17) is 9.26 Å². The quantitative estimate of drug-likeness (QED) is 0.813. The number of nitrogens with zero attached hydrogens (tertiary/aromatic N) is 4. The lowest BCUT2D eigenvalue weighted by Gasteiger charge is -2.31. The average molecular weight is 302 g/mol. The minimum absolute atomic E-state index is 0.346. The molecule has 1 saturated heterocycles. The highest BCUT2D eigenvalue weighted by Gasteiger charge is 2.19. The Labute approximate surface area is 130 Å². The van der Waals surface area contributed by atoms with Crippen LogP contribution in [0, 0.1) is 6.92 Å². The Morgan fingerprint density at radius 3 is 2.91 bits per heavy atom. The lowest BCUT2D eigenvalue weighted by molar-refractivity contribution is 0.00674. The van der Waals surface area contributed by atoms with Crippen molar-refractivity contribution in [1.82, 2.24) is 20.0 Å². The maximum Gasteiger partial charge on any atom is 0.223 e. The first-order valence-corrected chi connectivity index (χ1v) is 7.81. The molecule has 1 fully saturated rings. The van der Waals surface area contributed by atoms with E-state index in [0.717, 1.165) is 38.3 Å². The molecule has 6 nitrogen and oxygen atoms in total. The molecule has 0 spiro atoms. The number of aromatic nitrogens is 3. The Hall–Kier alpha value is -1.79. The van der Waals surface area contributed by atoms with Gasteiger partial charge in [0.1, 0.15) is 0 Å². The van der Waals surface area contributed by atoms with Gasteiger partial charge in [0.2, 0.25) is 5.89 Å². The molecule has 22 heavy (non-hydrogen) atoms. The number of likely N-dealkylation sites (tertiary alicyclic amines) is 1. The molecular formula is C16H22N4O2. The summed E-state index contributed by atoms with van der Waals surface area (Å²) in [5.74, 6) is 1.34. The van der Waals surface area contributed by atoms with Crippen LogP contribution in [-0.2, 0) is 17.7 Å². The average Bonchev–Trinajstić information content (AvgIpc) is 2.96. The highest BCUT2D eigenvalue weighted by atomic mass is 16.5. The van der Waals surface area contributed by atoms with Crippen LogP contribution < -0.4 is 0 Å². The summed E-state index contributed by atoms with van der Waals surface area (Å²) in [5.41, 5.74) is 1.27. The van der Waals surface area contributed by atoms with Gasteiger partial charge in [-0.15, -0.1) is 0 Å². The van der Waals surface area contributed by atoms with Crippen molar-refractivity contribution < 1.29 is 9.26 Å². The van der Waals surface area contributed by atoms with Crippen molar-refractivity contribution in [1.29, 1.82) is 0 Å². The Balaban J connectivity index is 1.35. The highest BCUT2D eigenvalue weighted by molar-refractivity contribution is 5.08. The van der Waals surface area contributed by atoms with E-state index in [1.807, 2.05) is 18.5 Å². The summed E-state index contributed by atoms with van der Waals surface area (Å²) in [6.07, 6.45) is 6.97. The van der Waals surface area contributed by atoms with Crippen molar-refractivity contribution in [3.8, 4) is 0 Å². The summed E-state index contributed by atoms with van der Waals surface area (Å²) < 4.78 is 10.9. The zero-order valence-corrected chi connectivity index (χ0v) is 12.9. The van der Waals surface area contributed by atoms with Gasteiger partial charge in [-0.1, -0.05) is 11.2 Å². The van der Waals surface area contributed by atoms with E-state index < -0.39 is 0 Å². The minimum atomic E-state index is 0.346. The van der Waals surface area contributed by atoms with E-state index >= 15 is 0 Å². The molecule has 2 aromatic heterocycles. The second-order valence-corrected chi connectivity index (χ2v) is 5.69. The van der Waals surface area contributed by atoms with Gasteiger partial charge in [-0.3, -0.25) is 9.88 Å². The van der Waals surface area contributed by atoms with Crippen LogP contribution in [0.1, 0.15) is 30.1 Å². The van der Waals surface area contributed by atoms with Crippen LogP contribution in [0.15, 0.2) is 29.0 Å². The molecular weight excluding hydrogens is 280 g/mol. The normalized spacial score (nSPS) is 17.0. The molecule has 0 saturated carbocycles. The maximum atomic E-state index is 5.93. The molecule has 3 rings (SSSR count). The van der Waals surface area contributed by atoms with E-state index in [1.54, 1.807) is 6.92 Å². The second kappa shape index (κ2) is 7.47. The molecule has 118 valence electrons. The van der Waals surface area contributed by atoms with Crippen LogP contribution in [-0.4, -0.2) is 45.8 Å². The molecule has 1 aliphatic heterocycles. The first-order chi connectivity index (χ1) is 10.8. The highest BCUT2D eigenvalue weighted by Crippen LogP contribution is 2.16. The van der Waals surface area contributed by atoms with Gasteiger partial charge < -0.3 is 9.26 Å². The van der Waals surface area contributed by atoms with E-state index in [-0.39, 0.29) is 0 Å². The molecule has 0 amide bonds. The topological polar surface area (TPSA) is 64.3 Å². The maximum absolute atomic E-state index is 5.93. The summed E-state index contributed by atoms with van der Waals surface area (Å²) in [4.78, 5) is 10.8. The molecule has 3 heterocycles. The summed E-state index contributed by atoms with van der Waals surface area (Å²) in [6.45, 7) is 5.58. The van der Waals surface area contributed by atoms with Gasteiger partial charge in [-0.25, -0.2) is 0 Å². The van der Waals surface area contributed by atoms with E-state index in [9.17, 15) is 0 Å². The van der Waals surface area contributed by atoms with Gasteiger partial charge in [0, 0.05) is 45.4 Å². The largest absolute Gasteiger partial charge is 0.378 e. The van der Waals surface area contributed by atoms with Gasteiger partial charge in [0.05, 0.1) is 12.7 Å². The minimum Gasteiger partial charge on any atom is -0.378 e. The van der Waals surface area contributed by atoms with Gasteiger partial charge in [-0.2, -0.15) is 4.98 Å². The molecule has 2 aromatic rings. The standard InChI is InChI=1S/C16H22N4O2/c1-13-18-16(19-22-13)6-10-21-15-4-8-20(9-5-15)12-14-3-2-7-17-11-14/h2-3,7,11,15H,4-6,8-10,12H2,1H3. The fourth-order valence-electron chi connectivity index (χ4n) is 2.74. The van der Waals surface area contributed by atoms with Crippen molar-refractivity contribution in [3.05, 3.63) is 41.8 Å². The summed E-state index contributed by atoms with van der Waals surface area (Å²) in [7, 11) is 0. The fraction of sp³-hybridized carbons (Fsp3) is 0.562. The number of pyridine rings is 1. The third-order valence-corrected chi connectivity index (χ3v) is 3.91. The summed E-state index contributed by atoms with van der Waals surface area (Å²) >= 11 is 0. The van der Waals surface area contributed by atoms with Gasteiger partial charge >= 0.3 is 0 Å². The summed E-state index contributed by atoms with van der Waals surface area (Å²) in [5, 5.41) is 3.88. The van der Waals surface area contributed by atoms with Crippen LogP contribution in [0.25, 0.3) is 0 Å². The first kappa shape index (κ1) is 15.1. The summed E-state index contributed by atoms with van der Waals surface area (Å²) in [6, 6.07) is 4.12. The Bertz CT molecular complexity index is 565. The first-order valence-electron chi connectivity index (χ1n) is 7.81. The number of aryl methyl sites for hydroxylation is 1. The zero-order chi connectivity index (χ0) is 15.2. The third kappa shape index (κ3) is 4.35. The molecule has 0 bridgehead atoms. The molecule has 0 aliphatic carbocycles. The number of hydrogen-bond acceptors (Lipinski definition) is 6. The Morgan fingerprint density at radius 1 is 1.36 bits per heavy atom. The lowest BCUT2D eigenvalue weighted by atomic mass is 10.1. The van der Waals surface area contributed by atoms with E-state index in [1.165, 1.54) is 5.56 Å². The van der Waals surface area contributed by atoms with Gasteiger partial charge in [0.25, 0.3) is 0 Å². The van der Waals surface area contributed by atoms with Crippen LogP contribution in [0.3, 0.4) is 0 Å². The second-order valence-electron chi connectivity index (χ2n) is 5.69. The molecule has 6 heteroatoms. The van der Waals surface area contributed by atoms with Crippen LogP contribution in [0.5, 0.6) is 0 Å². The van der Waals surface area contributed by atoms with Crippen molar-refractivity contribution in [2.75, 3.05) is 19.7 Å². The van der Waals surface area contributed by atoms with Crippen molar-refractivity contribution in [3.63, 3.8) is 0 Å². The van der Waals surface area contributed by atoms with Crippen molar-refractivity contribution in [2.24, 2.45) is 0 Å².